The van der Waals surface area contributed by atoms with Crippen LogP contribution in [0.5, 0.6) is 0 Å². The third kappa shape index (κ3) is 1.96. The molecule has 2 fully saturated rings. The van der Waals surface area contributed by atoms with Crippen LogP contribution in [0.1, 0.15) is 24.5 Å². The van der Waals surface area contributed by atoms with Crippen LogP contribution in [-0.2, 0) is 9.47 Å². The molecule has 0 radical (unpaired) electrons. The van der Waals surface area contributed by atoms with Gasteiger partial charge in [0, 0.05) is 17.3 Å². The van der Waals surface area contributed by atoms with E-state index in [2.05, 4.69) is 40.2 Å². The molecule has 3 heteroatoms. The van der Waals surface area contributed by atoms with Gasteiger partial charge in [0.05, 0.1) is 24.9 Å². The fourth-order valence-electron chi connectivity index (χ4n) is 2.35. The van der Waals surface area contributed by atoms with Crippen LogP contribution in [0.25, 0.3) is 0 Å². The molecule has 15 heavy (non-hydrogen) atoms. The standard InChI is InChI=1S/C12H13BrO2/c13-9-3-1-8(2-4-9)12-6-10-5-11(15-12)7-14-10/h1-4,10-12H,5-7H2/t10-,11-,12-/m0/s1. The maximum atomic E-state index is 5.96. The highest BCUT2D eigenvalue weighted by Gasteiger charge is 2.36. The van der Waals surface area contributed by atoms with E-state index in [-0.39, 0.29) is 6.10 Å². The summed E-state index contributed by atoms with van der Waals surface area (Å²) in [4.78, 5) is 0. The second-order valence-corrected chi connectivity index (χ2v) is 5.14. The highest BCUT2D eigenvalue weighted by atomic mass is 79.9. The van der Waals surface area contributed by atoms with E-state index < -0.39 is 0 Å². The van der Waals surface area contributed by atoms with E-state index in [1.807, 2.05) is 0 Å². The van der Waals surface area contributed by atoms with Gasteiger partial charge in [-0.15, -0.1) is 0 Å². The zero-order valence-corrected chi connectivity index (χ0v) is 9.94. The first-order valence-electron chi connectivity index (χ1n) is 5.34. The Kier molecular flexibility index (Phi) is 2.54. The van der Waals surface area contributed by atoms with Gasteiger partial charge in [-0.25, -0.2) is 0 Å². The molecule has 0 spiro atoms. The highest BCUT2D eigenvalue weighted by Crippen LogP contribution is 2.37. The second-order valence-electron chi connectivity index (χ2n) is 4.23. The van der Waals surface area contributed by atoms with Crippen LogP contribution in [-0.4, -0.2) is 18.8 Å². The largest absolute Gasteiger partial charge is 0.375 e. The Morgan fingerprint density at radius 2 is 1.87 bits per heavy atom. The number of hydrogen-bond acceptors (Lipinski definition) is 2. The monoisotopic (exact) mass is 268 g/mol. The summed E-state index contributed by atoms with van der Waals surface area (Å²) in [6.07, 6.45) is 3.03. The number of hydrogen-bond donors (Lipinski definition) is 0. The summed E-state index contributed by atoms with van der Waals surface area (Å²) in [5, 5.41) is 0. The van der Waals surface area contributed by atoms with E-state index in [0.717, 1.165) is 23.9 Å². The molecule has 1 aromatic carbocycles. The normalized spacial score (nSPS) is 34.3. The van der Waals surface area contributed by atoms with Crippen molar-refractivity contribution >= 4 is 15.9 Å². The molecule has 0 amide bonds. The van der Waals surface area contributed by atoms with Crippen molar-refractivity contribution in [1.29, 1.82) is 0 Å². The van der Waals surface area contributed by atoms with Gasteiger partial charge < -0.3 is 9.47 Å². The summed E-state index contributed by atoms with van der Waals surface area (Å²) >= 11 is 3.44. The zero-order valence-electron chi connectivity index (χ0n) is 8.36. The molecule has 3 atom stereocenters. The molecule has 0 unspecified atom stereocenters. The maximum absolute atomic E-state index is 5.96. The lowest BCUT2D eigenvalue weighted by Crippen LogP contribution is -2.24. The lowest BCUT2D eigenvalue weighted by Gasteiger charge is -2.27. The molecule has 0 N–H and O–H groups in total. The zero-order chi connectivity index (χ0) is 10.3. The quantitative estimate of drug-likeness (QED) is 0.780. The molecule has 2 aliphatic rings. The van der Waals surface area contributed by atoms with E-state index in [1.165, 1.54) is 5.56 Å². The van der Waals surface area contributed by atoms with Crippen LogP contribution in [0.4, 0.5) is 0 Å². The van der Waals surface area contributed by atoms with Crippen molar-refractivity contribution in [3.8, 4) is 0 Å². The maximum Gasteiger partial charge on any atom is 0.0854 e. The minimum absolute atomic E-state index is 0.226. The van der Waals surface area contributed by atoms with Crippen LogP contribution in [0.2, 0.25) is 0 Å². The molecule has 80 valence electrons. The van der Waals surface area contributed by atoms with E-state index in [4.69, 9.17) is 9.47 Å². The predicted octanol–water partition coefficient (Wildman–Crippen LogP) is 3.07. The van der Waals surface area contributed by atoms with Crippen molar-refractivity contribution in [2.45, 2.75) is 31.2 Å². The van der Waals surface area contributed by atoms with Gasteiger partial charge in [-0.2, -0.15) is 0 Å². The van der Waals surface area contributed by atoms with Crippen LogP contribution >= 0.6 is 15.9 Å². The minimum Gasteiger partial charge on any atom is -0.375 e. The first-order chi connectivity index (χ1) is 7.31. The molecular formula is C12H13BrO2. The van der Waals surface area contributed by atoms with Gasteiger partial charge in [0.2, 0.25) is 0 Å². The SMILES string of the molecule is Brc1ccc([C@@H]2C[C@@H]3C[C@@H](CO3)O2)cc1. The van der Waals surface area contributed by atoms with Gasteiger partial charge in [-0.05, 0) is 17.7 Å². The highest BCUT2D eigenvalue weighted by molar-refractivity contribution is 9.10. The Morgan fingerprint density at radius 1 is 1.07 bits per heavy atom. The number of benzene rings is 1. The molecule has 2 nitrogen and oxygen atoms in total. The van der Waals surface area contributed by atoms with Crippen molar-refractivity contribution in [3.63, 3.8) is 0 Å². The van der Waals surface area contributed by atoms with Gasteiger partial charge in [-0.3, -0.25) is 0 Å². The van der Waals surface area contributed by atoms with E-state index in [9.17, 15) is 0 Å². The Bertz CT molecular complexity index is 337. The number of fused-ring (bicyclic) bond motifs is 2. The first-order valence-corrected chi connectivity index (χ1v) is 6.13. The summed E-state index contributed by atoms with van der Waals surface area (Å²) in [7, 11) is 0. The lowest BCUT2D eigenvalue weighted by molar-refractivity contribution is -0.0314. The fourth-order valence-corrected chi connectivity index (χ4v) is 2.61. The average Bonchev–Trinajstić information content (AvgIpc) is 2.59. The molecule has 0 aliphatic carbocycles. The predicted molar refractivity (Wildman–Crippen MR) is 60.7 cm³/mol. The van der Waals surface area contributed by atoms with E-state index in [0.29, 0.717) is 12.2 Å². The summed E-state index contributed by atoms with van der Waals surface area (Å²) in [5.74, 6) is 0. The second kappa shape index (κ2) is 3.89. The molecule has 2 aliphatic heterocycles. The molecule has 0 saturated carbocycles. The summed E-state index contributed by atoms with van der Waals surface area (Å²) in [6, 6.07) is 8.38. The molecule has 2 bridgehead atoms. The van der Waals surface area contributed by atoms with E-state index in [1.54, 1.807) is 0 Å². The molecule has 1 aromatic rings. The first kappa shape index (κ1) is 9.82. The van der Waals surface area contributed by atoms with Crippen LogP contribution in [0.3, 0.4) is 0 Å². The van der Waals surface area contributed by atoms with Gasteiger partial charge >= 0.3 is 0 Å². The number of ether oxygens (including phenoxy) is 2. The number of rotatable bonds is 1. The van der Waals surface area contributed by atoms with Crippen molar-refractivity contribution in [2.24, 2.45) is 0 Å². The fraction of sp³-hybridized carbons (Fsp3) is 0.500. The molecule has 3 rings (SSSR count). The van der Waals surface area contributed by atoms with Crippen LogP contribution in [0.15, 0.2) is 28.7 Å². The smallest absolute Gasteiger partial charge is 0.0854 e. The van der Waals surface area contributed by atoms with Crippen molar-refractivity contribution in [1.82, 2.24) is 0 Å². The average molecular weight is 269 g/mol. The Morgan fingerprint density at radius 3 is 2.60 bits per heavy atom. The number of halogens is 1. The molecular weight excluding hydrogens is 256 g/mol. The Balaban J connectivity index is 1.80. The summed E-state index contributed by atoms with van der Waals surface area (Å²) < 4.78 is 12.7. The minimum atomic E-state index is 0.226. The topological polar surface area (TPSA) is 18.5 Å². The van der Waals surface area contributed by atoms with Crippen molar-refractivity contribution in [2.75, 3.05) is 6.61 Å². The van der Waals surface area contributed by atoms with Crippen LogP contribution < -0.4 is 0 Å². The lowest BCUT2D eigenvalue weighted by atomic mass is 9.98. The Labute approximate surface area is 97.7 Å². The van der Waals surface area contributed by atoms with Gasteiger partial charge in [0.15, 0.2) is 0 Å². The van der Waals surface area contributed by atoms with Gasteiger partial charge in [-0.1, -0.05) is 28.1 Å². The van der Waals surface area contributed by atoms with E-state index >= 15 is 0 Å². The Hall–Kier alpha value is -0.380. The van der Waals surface area contributed by atoms with Crippen molar-refractivity contribution < 1.29 is 9.47 Å². The summed E-state index contributed by atoms with van der Waals surface area (Å²) in [5.41, 5.74) is 1.26. The van der Waals surface area contributed by atoms with Crippen LogP contribution in [0, 0.1) is 0 Å². The third-order valence-corrected chi connectivity index (χ3v) is 3.65. The van der Waals surface area contributed by atoms with Crippen molar-refractivity contribution in [3.05, 3.63) is 34.3 Å². The summed E-state index contributed by atoms with van der Waals surface area (Å²) in [6.45, 7) is 0.775. The molecule has 2 heterocycles. The van der Waals surface area contributed by atoms with Gasteiger partial charge in [0.25, 0.3) is 0 Å². The molecule has 0 aromatic heterocycles. The molecule has 2 saturated heterocycles. The third-order valence-electron chi connectivity index (χ3n) is 3.12. The van der Waals surface area contributed by atoms with Gasteiger partial charge in [0.1, 0.15) is 0 Å².